The molecule has 0 aromatic heterocycles. The fraction of sp³-hybridized carbons (Fsp3) is 0.756. The van der Waals surface area contributed by atoms with E-state index in [1.807, 2.05) is 0 Å². The number of nitrogens with one attached hydrogen (secondary N) is 1. The van der Waals surface area contributed by atoms with E-state index in [0.29, 0.717) is 323 Å². The molecule has 3 aromatic rings. The Bertz CT molecular complexity index is 2350. The molecule has 27 heteroatoms. The molecule has 3 N–H and O–H groups in total. The molecule has 0 heterocycles. The van der Waals surface area contributed by atoms with Crippen LogP contribution in [0.5, 0.6) is 0 Å². The first kappa shape index (κ1) is 93.5. The lowest BCUT2D eigenvalue weighted by atomic mass is 9.71. The van der Waals surface area contributed by atoms with Gasteiger partial charge in [-0.05, 0) is 90.5 Å². The van der Waals surface area contributed by atoms with Crippen molar-refractivity contribution in [1.82, 2.24) is 5.32 Å². The molecule has 1 amide bonds. The summed E-state index contributed by atoms with van der Waals surface area (Å²) in [7, 11) is 3.29. The van der Waals surface area contributed by atoms with E-state index in [1.54, 1.807) is 14.2 Å². The summed E-state index contributed by atoms with van der Waals surface area (Å²) in [5, 5.41) is 2.87. The summed E-state index contributed by atoms with van der Waals surface area (Å²) < 4.78 is 134. The van der Waals surface area contributed by atoms with E-state index in [1.165, 1.54) is 38.9 Å². The van der Waals surface area contributed by atoms with Crippen LogP contribution in [0.3, 0.4) is 0 Å². The summed E-state index contributed by atoms with van der Waals surface area (Å²) in [5.41, 5.74) is 15.4. The molecule has 0 unspecified atom stereocenters. The van der Waals surface area contributed by atoms with Crippen molar-refractivity contribution in [3.8, 4) is 22.3 Å². The van der Waals surface area contributed by atoms with E-state index >= 15 is 0 Å². The van der Waals surface area contributed by atoms with Gasteiger partial charge in [0.25, 0.3) is 0 Å². The van der Waals surface area contributed by atoms with Crippen molar-refractivity contribution in [2.45, 2.75) is 57.3 Å². The minimum atomic E-state index is -0.252. The first-order valence-corrected chi connectivity index (χ1v) is 38.0. The highest BCUT2D eigenvalue weighted by atomic mass is 16.6. The van der Waals surface area contributed by atoms with Crippen LogP contribution >= 0.6 is 0 Å². The van der Waals surface area contributed by atoms with Gasteiger partial charge in [-0.25, -0.2) is 0 Å². The van der Waals surface area contributed by atoms with Gasteiger partial charge in [-0.3, -0.25) is 4.79 Å². The molecule has 1 aliphatic rings. The molecular weight excluding hydrogens is 1360 g/mol. The Balaban J connectivity index is 1.03. The number of ether oxygens (including phenoxy) is 24. The van der Waals surface area contributed by atoms with Gasteiger partial charge in [0.2, 0.25) is 5.91 Å². The monoisotopic (exact) mass is 1500 g/mol. The Kier molecular flexibility index (Phi) is 61.7. The molecule has 105 heavy (non-hydrogen) atoms. The highest BCUT2D eigenvalue weighted by Crippen LogP contribution is 2.55. The third kappa shape index (κ3) is 49.1. The second kappa shape index (κ2) is 69.3. The predicted molar refractivity (Wildman–Crippen MR) is 398 cm³/mol. The van der Waals surface area contributed by atoms with Gasteiger partial charge in [-0.1, -0.05) is 60.2 Å². The Morgan fingerprint density at radius 1 is 0.314 bits per heavy atom. The van der Waals surface area contributed by atoms with Crippen molar-refractivity contribution in [3.63, 3.8) is 0 Å². The summed E-state index contributed by atoms with van der Waals surface area (Å²) in [6.45, 7) is 26.3. The van der Waals surface area contributed by atoms with Crippen molar-refractivity contribution in [2.75, 3.05) is 331 Å². The van der Waals surface area contributed by atoms with Crippen molar-refractivity contribution < 1.29 is 118 Å². The van der Waals surface area contributed by atoms with Gasteiger partial charge in [-0.2, -0.15) is 0 Å². The average molecular weight is 1500 g/mol. The second-order valence-corrected chi connectivity index (χ2v) is 24.2. The lowest BCUT2D eigenvalue weighted by Gasteiger charge is -2.33. The molecule has 1 aliphatic carbocycles. The molecule has 27 nitrogen and oxygen atoms in total. The van der Waals surface area contributed by atoms with E-state index in [4.69, 9.17) is 119 Å². The van der Waals surface area contributed by atoms with E-state index in [0.717, 1.165) is 44.1 Å². The number of benzene rings is 3. The number of nitrogens with two attached hydrogens (primary N) is 1. The minimum absolute atomic E-state index is 0.0408. The van der Waals surface area contributed by atoms with E-state index < -0.39 is 0 Å². The molecule has 0 atom stereocenters. The Morgan fingerprint density at radius 2 is 0.571 bits per heavy atom. The molecule has 0 bridgehead atoms. The van der Waals surface area contributed by atoms with Crippen LogP contribution < -0.4 is 11.1 Å². The third-order valence-electron chi connectivity index (χ3n) is 16.2. The van der Waals surface area contributed by atoms with Gasteiger partial charge in [0.15, 0.2) is 0 Å². The zero-order valence-corrected chi connectivity index (χ0v) is 63.9. The van der Waals surface area contributed by atoms with Crippen LogP contribution in [0, 0.1) is 6.92 Å². The third-order valence-corrected chi connectivity index (χ3v) is 16.2. The highest BCUT2D eigenvalue weighted by molar-refractivity contribution is 5.84. The van der Waals surface area contributed by atoms with Gasteiger partial charge < -0.3 is 125 Å². The van der Waals surface area contributed by atoms with Gasteiger partial charge in [0.05, 0.1) is 291 Å². The molecule has 0 fully saturated rings. The van der Waals surface area contributed by atoms with Crippen LogP contribution in [-0.4, -0.2) is 337 Å². The molecule has 0 saturated carbocycles. The Morgan fingerprint density at radius 3 is 0.857 bits per heavy atom. The summed E-state index contributed by atoms with van der Waals surface area (Å²) in [6, 6.07) is 22.7. The predicted octanol–water partition coefficient (Wildman–Crippen LogP) is 6.54. The maximum absolute atomic E-state index is 12.2. The highest BCUT2D eigenvalue weighted by Gasteiger charge is 2.42. The normalized spacial score (nSPS) is 12.5. The lowest BCUT2D eigenvalue weighted by molar-refractivity contribution is -0.121. The number of carbonyl (C=O) groups excluding carboxylic acids is 1. The van der Waals surface area contributed by atoms with Crippen molar-refractivity contribution in [1.29, 1.82) is 0 Å². The molecule has 0 spiro atoms. The van der Waals surface area contributed by atoms with E-state index in [2.05, 4.69) is 72.9 Å². The average Bonchev–Trinajstić information content (AvgIpc) is 1.57. The van der Waals surface area contributed by atoms with Gasteiger partial charge in [0, 0.05) is 52.4 Å². The van der Waals surface area contributed by atoms with Gasteiger partial charge in [0.1, 0.15) is 0 Å². The molecular formula is C78H132N2O25. The summed E-state index contributed by atoms with van der Waals surface area (Å²) >= 11 is 0. The van der Waals surface area contributed by atoms with Crippen LogP contribution in [0.1, 0.15) is 60.8 Å². The lowest BCUT2D eigenvalue weighted by Crippen LogP contribution is -2.28. The zero-order valence-electron chi connectivity index (χ0n) is 63.9. The molecule has 604 valence electrons. The van der Waals surface area contributed by atoms with Crippen molar-refractivity contribution >= 4 is 5.91 Å². The number of methoxy groups -OCH3 is 2. The zero-order chi connectivity index (χ0) is 74.3. The topological polar surface area (TPSA) is 277 Å². The fourth-order valence-corrected chi connectivity index (χ4v) is 10.9. The summed E-state index contributed by atoms with van der Waals surface area (Å²) in [6.07, 6.45) is 5.63. The first-order valence-electron chi connectivity index (χ1n) is 38.0. The quantitative estimate of drug-likeness (QED) is 0.0567. The number of hydrogen-bond donors (Lipinski definition) is 2. The maximum Gasteiger partial charge on any atom is 0.220 e. The van der Waals surface area contributed by atoms with Crippen molar-refractivity contribution in [2.24, 2.45) is 5.73 Å². The summed E-state index contributed by atoms with van der Waals surface area (Å²) in [4.78, 5) is 12.2. The Labute approximate surface area is 626 Å². The minimum Gasteiger partial charge on any atom is -0.382 e. The Hall–Kier alpha value is -3.87. The number of rotatable bonds is 81. The van der Waals surface area contributed by atoms with Crippen LogP contribution in [0.4, 0.5) is 0 Å². The van der Waals surface area contributed by atoms with Crippen LogP contribution in [0.2, 0.25) is 0 Å². The van der Waals surface area contributed by atoms with Crippen molar-refractivity contribution in [3.05, 3.63) is 82.9 Å². The standard InChI is InChI=1S/C78H132N2O25/c1-69-9-15-73-74-16-14-72(71-12-10-70(11-13-71)7-4-8-77(81)80-20-19-79)68-76(74)78(75(73)67-69,17-5-21-84-27-29-88-35-37-92-43-45-96-51-53-100-59-61-104-65-63-102-57-55-98-49-47-94-41-39-90-33-31-86-25-23-82-2)18-6-22-85-28-30-89-36-38-93-44-46-97-52-54-101-60-62-105-66-64-103-58-56-99-50-48-95-42-40-91-34-32-87-26-24-83-3/h9-16,67-68H,4-8,17-66,79H2,1-3H3,(H,80,81). The second-order valence-electron chi connectivity index (χ2n) is 24.2. The number of amides is 1. The number of fused-ring (bicyclic) bond motifs is 3. The number of hydrogen-bond acceptors (Lipinski definition) is 26. The van der Waals surface area contributed by atoms with Crippen LogP contribution in [0.25, 0.3) is 22.3 Å². The molecule has 0 radical (unpaired) electrons. The van der Waals surface area contributed by atoms with Gasteiger partial charge >= 0.3 is 0 Å². The molecule has 4 rings (SSSR count). The van der Waals surface area contributed by atoms with Crippen LogP contribution in [0.15, 0.2) is 60.7 Å². The number of aryl methyl sites for hydroxylation is 2. The van der Waals surface area contributed by atoms with E-state index in [-0.39, 0.29) is 11.3 Å². The molecule has 0 aliphatic heterocycles. The van der Waals surface area contributed by atoms with E-state index in [9.17, 15) is 4.79 Å². The fourth-order valence-electron chi connectivity index (χ4n) is 10.9. The summed E-state index contributed by atoms with van der Waals surface area (Å²) in [5.74, 6) is 0.0408. The largest absolute Gasteiger partial charge is 0.382 e. The first-order chi connectivity index (χ1) is 52.0. The number of carbonyl (C=O) groups is 1. The maximum atomic E-state index is 12.2. The smallest absolute Gasteiger partial charge is 0.220 e. The SMILES string of the molecule is COCCOCCOCCOCCOCCOCCOCCOCCOCCOCCOCCOCCCC1(CCCOCCOCCOCCOCCOCCOCCOCCOCCOCCOCCOCCOC)c2cc(C)ccc2-c2ccc(-c3ccc(CCCC(=O)NCCN)cc3)cc21. The molecule has 0 saturated heterocycles. The molecule has 3 aromatic carbocycles. The van der Waals surface area contributed by atoms with Crippen LogP contribution in [-0.2, 0) is 130 Å². The van der Waals surface area contributed by atoms with Gasteiger partial charge in [-0.15, -0.1) is 0 Å².